The van der Waals surface area contributed by atoms with E-state index >= 15 is 0 Å². The first-order valence-electron chi connectivity index (χ1n) is 6.71. The number of hydrogen-bond acceptors (Lipinski definition) is 4. The summed E-state index contributed by atoms with van der Waals surface area (Å²) in [6, 6.07) is 5.28. The van der Waals surface area contributed by atoms with Gasteiger partial charge in [0, 0.05) is 13.1 Å². The van der Waals surface area contributed by atoms with Crippen LogP contribution in [-0.2, 0) is 19.6 Å². The molecule has 1 aliphatic heterocycles. The number of nitrogens with zero attached hydrogens (tertiary/aromatic N) is 1. The quantitative estimate of drug-likeness (QED) is 0.902. The van der Waals surface area contributed by atoms with Gasteiger partial charge in [0.05, 0.1) is 24.0 Å². The zero-order valence-electron chi connectivity index (χ0n) is 12.1. The largest absolute Gasteiger partial charge is 0.481 e. The molecule has 1 atom stereocenters. The minimum atomic E-state index is -3.62. The Morgan fingerprint density at radius 3 is 2.81 bits per heavy atom. The Hall–Kier alpha value is -1.44. The molecule has 116 valence electrons. The smallest absolute Gasteiger partial charge is 0.306 e. The van der Waals surface area contributed by atoms with Crippen LogP contribution in [0.4, 0.5) is 0 Å². The van der Waals surface area contributed by atoms with Gasteiger partial charge in [-0.2, -0.15) is 4.31 Å². The molecule has 1 aliphatic rings. The van der Waals surface area contributed by atoms with Crippen LogP contribution < -0.4 is 0 Å². The fraction of sp³-hybridized carbons (Fsp3) is 0.500. The highest BCUT2D eigenvalue weighted by Gasteiger charge is 2.32. The zero-order valence-corrected chi connectivity index (χ0v) is 12.9. The molecule has 1 N–H and O–H groups in total. The molecule has 0 aromatic heterocycles. The maximum Gasteiger partial charge on any atom is 0.306 e. The van der Waals surface area contributed by atoms with Crippen LogP contribution in [0.15, 0.2) is 23.1 Å². The van der Waals surface area contributed by atoms with Crippen molar-refractivity contribution < 1.29 is 23.1 Å². The highest BCUT2D eigenvalue weighted by Crippen LogP contribution is 2.23. The summed E-state index contributed by atoms with van der Waals surface area (Å²) in [5.41, 5.74) is 1.55. The van der Waals surface area contributed by atoms with E-state index in [0.717, 1.165) is 5.56 Å². The number of aryl methyl sites for hydroxylation is 2. The van der Waals surface area contributed by atoms with Crippen molar-refractivity contribution in [2.45, 2.75) is 31.3 Å². The highest BCUT2D eigenvalue weighted by molar-refractivity contribution is 7.89. The summed E-state index contributed by atoms with van der Waals surface area (Å²) in [6.45, 7) is 4.11. The molecular formula is C14H19NO5S. The average molecular weight is 313 g/mol. The normalized spacial score (nSPS) is 20.4. The summed E-state index contributed by atoms with van der Waals surface area (Å²) >= 11 is 0. The van der Waals surface area contributed by atoms with Crippen LogP contribution in [0.2, 0.25) is 0 Å². The van der Waals surface area contributed by atoms with Crippen molar-refractivity contribution in [2.24, 2.45) is 0 Å². The lowest BCUT2D eigenvalue weighted by molar-refractivity contribution is -0.141. The first kappa shape index (κ1) is 15.9. The van der Waals surface area contributed by atoms with Gasteiger partial charge in [0.15, 0.2) is 0 Å². The lowest BCUT2D eigenvalue weighted by Crippen LogP contribution is -2.46. The lowest BCUT2D eigenvalue weighted by Gasteiger charge is -2.31. The molecule has 0 spiro atoms. The van der Waals surface area contributed by atoms with Crippen LogP contribution in [-0.4, -0.2) is 49.6 Å². The standard InChI is InChI=1S/C14H19NO5S/c1-10-3-4-11(2)13(7-10)21(18,19)15-5-6-20-12(9-15)8-14(16)17/h3-4,7,12H,5-6,8-9H2,1-2H3,(H,16,17). The molecular weight excluding hydrogens is 294 g/mol. The van der Waals surface area contributed by atoms with Gasteiger partial charge in [0.1, 0.15) is 0 Å². The van der Waals surface area contributed by atoms with Crippen molar-refractivity contribution >= 4 is 16.0 Å². The van der Waals surface area contributed by atoms with Crippen LogP contribution in [0.25, 0.3) is 0 Å². The first-order valence-corrected chi connectivity index (χ1v) is 8.15. The number of ether oxygens (including phenoxy) is 1. The minimum absolute atomic E-state index is 0.0714. The predicted octanol–water partition coefficient (Wildman–Crippen LogP) is 1.17. The number of hydrogen-bond donors (Lipinski definition) is 1. The summed E-state index contributed by atoms with van der Waals surface area (Å²) in [7, 11) is -3.62. The SMILES string of the molecule is Cc1ccc(C)c(S(=O)(=O)N2CCOC(CC(=O)O)C2)c1. The van der Waals surface area contributed by atoms with Crippen molar-refractivity contribution in [2.75, 3.05) is 19.7 Å². The van der Waals surface area contributed by atoms with Gasteiger partial charge in [0.2, 0.25) is 10.0 Å². The summed E-state index contributed by atoms with van der Waals surface area (Å²) in [5, 5.41) is 8.80. The van der Waals surface area contributed by atoms with Gasteiger partial charge in [-0.1, -0.05) is 12.1 Å². The van der Waals surface area contributed by atoms with Gasteiger partial charge in [-0.15, -0.1) is 0 Å². The third-order valence-corrected chi connectivity index (χ3v) is 5.47. The second kappa shape index (κ2) is 6.13. The molecule has 21 heavy (non-hydrogen) atoms. The molecule has 1 saturated heterocycles. The Morgan fingerprint density at radius 2 is 2.14 bits per heavy atom. The molecule has 0 saturated carbocycles. The topological polar surface area (TPSA) is 83.9 Å². The molecule has 0 radical (unpaired) electrons. The third kappa shape index (κ3) is 3.61. The number of benzene rings is 1. The van der Waals surface area contributed by atoms with Gasteiger partial charge < -0.3 is 9.84 Å². The van der Waals surface area contributed by atoms with E-state index in [-0.39, 0.29) is 31.0 Å². The van der Waals surface area contributed by atoms with Crippen LogP contribution >= 0.6 is 0 Å². The van der Waals surface area contributed by atoms with Crippen LogP contribution in [0, 0.1) is 13.8 Å². The Bertz CT molecular complexity index is 641. The van der Waals surface area contributed by atoms with Crippen molar-refractivity contribution in [3.63, 3.8) is 0 Å². The number of rotatable bonds is 4. The number of carboxylic acid groups (broad SMARTS) is 1. The Morgan fingerprint density at radius 1 is 1.43 bits per heavy atom. The molecule has 7 heteroatoms. The zero-order chi connectivity index (χ0) is 15.6. The van der Waals surface area contributed by atoms with Gasteiger partial charge >= 0.3 is 5.97 Å². The summed E-state index contributed by atoms with van der Waals surface area (Å²) in [6.07, 6.45) is -0.796. The Kier molecular flexibility index (Phi) is 4.65. The molecule has 0 aliphatic carbocycles. The summed E-state index contributed by atoms with van der Waals surface area (Å²) < 4.78 is 32.1. The van der Waals surface area contributed by atoms with Crippen molar-refractivity contribution in [3.8, 4) is 0 Å². The number of carbonyl (C=O) groups is 1. The van der Waals surface area contributed by atoms with E-state index in [2.05, 4.69) is 0 Å². The number of aliphatic carboxylic acids is 1. The molecule has 6 nitrogen and oxygen atoms in total. The first-order chi connectivity index (χ1) is 9.80. The highest BCUT2D eigenvalue weighted by atomic mass is 32.2. The molecule has 1 aromatic rings. The number of sulfonamides is 1. The van der Waals surface area contributed by atoms with E-state index in [0.29, 0.717) is 5.56 Å². The monoisotopic (exact) mass is 313 g/mol. The molecule has 1 aromatic carbocycles. The van der Waals surface area contributed by atoms with E-state index in [9.17, 15) is 13.2 Å². The minimum Gasteiger partial charge on any atom is -0.481 e. The van der Waals surface area contributed by atoms with Crippen molar-refractivity contribution in [1.82, 2.24) is 4.31 Å². The van der Waals surface area contributed by atoms with Gasteiger partial charge in [-0.05, 0) is 31.0 Å². The molecule has 1 heterocycles. The van der Waals surface area contributed by atoms with Crippen LogP contribution in [0.3, 0.4) is 0 Å². The van der Waals surface area contributed by atoms with Crippen molar-refractivity contribution in [1.29, 1.82) is 0 Å². The Balaban J connectivity index is 2.26. The van der Waals surface area contributed by atoms with E-state index in [1.165, 1.54) is 4.31 Å². The van der Waals surface area contributed by atoms with Crippen molar-refractivity contribution in [3.05, 3.63) is 29.3 Å². The molecule has 0 amide bonds. The molecule has 1 unspecified atom stereocenters. The van der Waals surface area contributed by atoms with Gasteiger partial charge in [-0.25, -0.2) is 8.42 Å². The fourth-order valence-electron chi connectivity index (χ4n) is 2.35. The fourth-order valence-corrected chi connectivity index (χ4v) is 4.12. The summed E-state index contributed by atoms with van der Waals surface area (Å²) in [5.74, 6) is -0.994. The summed E-state index contributed by atoms with van der Waals surface area (Å²) in [4.78, 5) is 11.0. The van der Waals surface area contributed by atoms with Crippen LogP contribution in [0.5, 0.6) is 0 Å². The third-order valence-electron chi connectivity index (χ3n) is 3.47. The molecule has 1 fully saturated rings. The maximum atomic E-state index is 12.7. The lowest BCUT2D eigenvalue weighted by atomic mass is 10.2. The average Bonchev–Trinajstić information content (AvgIpc) is 2.41. The Labute approximate surface area is 124 Å². The second-order valence-corrected chi connectivity index (χ2v) is 7.13. The molecule has 0 bridgehead atoms. The molecule has 2 rings (SSSR count). The van der Waals surface area contributed by atoms with E-state index in [1.54, 1.807) is 19.1 Å². The predicted molar refractivity (Wildman–Crippen MR) is 76.7 cm³/mol. The second-order valence-electron chi connectivity index (χ2n) is 5.22. The van der Waals surface area contributed by atoms with Gasteiger partial charge in [0.25, 0.3) is 0 Å². The van der Waals surface area contributed by atoms with E-state index in [1.807, 2.05) is 13.0 Å². The van der Waals surface area contributed by atoms with E-state index < -0.39 is 22.1 Å². The van der Waals surface area contributed by atoms with E-state index in [4.69, 9.17) is 9.84 Å². The number of carboxylic acids is 1. The number of morpholine rings is 1. The van der Waals surface area contributed by atoms with Gasteiger partial charge in [-0.3, -0.25) is 4.79 Å². The maximum absolute atomic E-state index is 12.7. The van der Waals surface area contributed by atoms with Crippen LogP contribution in [0.1, 0.15) is 17.5 Å².